The number of primary amides is 1. The van der Waals surface area contributed by atoms with Gasteiger partial charge in [-0.05, 0) is 36.6 Å². The molecule has 174 valence electrons. The lowest BCUT2D eigenvalue weighted by Crippen LogP contribution is -2.44. The highest BCUT2D eigenvalue weighted by molar-refractivity contribution is 5.95. The molecule has 2 aromatic rings. The minimum absolute atomic E-state index is 0.0151. The second-order valence-electron chi connectivity index (χ2n) is 7.31. The SMILES string of the molecule is CCCN(C(=O)c1cc(C(F)(F)F)cc(C(F)(F)F)c1)C(CC(N)=O)Cc1ccccc1. The summed E-state index contributed by atoms with van der Waals surface area (Å²) < 4.78 is 79.3. The van der Waals surface area contributed by atoms with E-state index in [1.54, 1.807) is 37.3 Å². The molecule has 4 nitrogen and oxygen atoms in total. The van der Waals surface area contributed by atoms with Gasteiger partial charge in [0.2, 0.25) is 5.91 Å². The first-order chi connectivity index (χ1) is 14.8. The minimum Gasteiger partial charge on any atom is -0.370 e. The number of nitrogens with zero attached hydrogens (tertiary/aromatic N) is 1. The zero-order chi connectivity index (χ0) is 24.1. The molecular formula is C22H22F6N2O2. The van der Waals surface area contributed by atoms with Crippen LogP contribution in [-0.2, 0) is 23.6 Å². The highest BCUT2D eigenvalue weighted by atomic mass is 19.4. The van der Waals surface area contributed by atoms with Crippen molar-refractivity contribution >= 4 is 11.8 Å². The van der Waals surface area contributed by atoms with Gasteiger partial charge in [0.1, 0.15) is 0 Å². The molecule has 0 aliphatic heterocycles. The van der Waals surface area contributed by atoms with E-state index in [2.05, 4.69) is 0 Å². The van der Waals surface area contributed by atoms with Crippen LogP contribution in [0.2, 0.25) is 0 Å². The molecule has 10 heteroatoms. The summed E-state index contributed by atoms with van der Waals surface area (Å²) in [6.07, 6.45) is -9.95. The molecule has 2 N–H and O–H groups in total. The number of hydrogen-bond acceptors (Lipinski definition) is 2. The van der Waals surface area contributed by atoms with Gasteiger partial charge in [0.15, 0.2) is 0 Å². The van der Waals surface area contributed by atoms with Crippen LogP contribution in [0.15, 0.2) is 48.5 Å². The Hall–Kier alpha value is -3.04. The summed E-state index contributed by atoms with van der Waals surface area (Å²) in [5.41, 5.74) is 2.11. The molecule has 0 aliphatic rings. The van der Waals surface area contributed by atoms with Crippen LogP contribution >= 0.6 is 0 Å². The molecule has 1 atom stereocenters. The second-order valence-corrected chi connectivity index (χ2v) is 7.31. The highest BCUT2D eigenvalue weighted by Gasteiger charge is 2.38. The predicted octanol–water partition coefficient (Wildman–Crippen LogP) is 5.06. The van der Waals surface area contributed by atoms with Gasteiger partial charge in [0.25, 0.3) is 5.91 Å². The van der Waals surface area contributed by atoms with E-state index in [-0.39, 0.29) is 25.5 Å². The molecule has 1 unspecified atom stereocenters. The molecule has 0 fully saturated rings. The van der Waals surface area contributed by atoms with Crippen molar-refractivity contribution in [2.45, 2.75) is 44.6 Å². The van der Waals surface area contributed by atoms with Crippen molar-refractivity contribution in [1.82, 2.24) is 4.90 Å². The highest BCUT2D eigenvalue weighted by Crippen LogP contribution is 2.36. The molecule has 0 saturated carbocycles. The number of benzene rings is 2. The summed E-state index contributed by atoms with van der Waals surface area (Å²) in [5.74, 6) is -1.79. The third kappa shape index (κ3) is 6.73. The van der Waals surface area contributed by atoms with Crippen LogP contribution in [0, 0.1) is 0 Å². The molecule has 0 radical (unpaired) electrons. The lowest BCUT2D eigenvalue weighted by atomic mass is 9.98. The van der Waals surface area contributed by atoms with E-state index < -0.39 is 46.9 Å². The first-order valence-corrected chi connectivity index (χ1v) is 9.75. The number of rotatable bonds is 8. The van der Waals surface area contributed by atoms with E-state index >= 15 is 0 Å². The molecular weight excluding hydrogens is 438 g/mol. The lowest BCUT2D eigenvalue weighted by molar-refractivity contribution is -0.143. The Kier molecular flexibility index (Phi) is 7.92. The third-order valence-electron chi connectivity index (χ3n) is 4.75. The lowest BCUT2D eigenvalue weighted by Gasteiger charge is -2.32. The van der Waals surface area contributed by atoms with Crippen molar-refractivity contribution in [2.24, 2.45) is 5.73 Å². The summed E-state index contributed by atoms with van der Waals surface area (Å²) in [6, 6.07) is 8.58. The molecule has 0 saturated heterocycles. The van der Waals surface area contributed by atoms with Gasteiger partial charge < -0.3 is 10.6 Å². The Bertz CT molecular complexity index is 909. The van der Waals surface area contributed by atoms with Gasteiger partial charge in [-0.15, -0.1) is 0 Å². The number of nitrogens with two attached hydrogens (primary N) is 1. The molecule has 2 aromatic carbocycles. The molecule has 0 heterocycles. The van der Waals surface area contributed by atoms with Gasteiger partial charge in [0, 0.05) is 24.6 Å². The van der Waals surface area contributed by atoms with Gasteiger partial charge in [-0.3, -0.25) is 9.59 Å². The first-order valence-electron chi connectivity index (χ1n) is 9.75. The predicted molar refractivity (Wildman–Crippen MR) is 106 cm³/mol. The Labute approximate surface area is 181 Å². The standard InChI is InChI=1S/C22H22F6N2O2/c1-2-8-30(18(13-19(29)31)9-14-6-4-3-5-7-14)20(32)15-10-16(21(23,24)25)12-17(11-15)22(26,27)28/h3-7,10-12,18H,2,8-9,13H2,1H3,(H2,29,31). The number of alkyl halides is 6. The van der Waals surface area contributed by atoms with Crippen molar-refractivity contribution in [3.8, 4) is 0 Å². The molecule has 32 heavy (non-hydrogen) atoms. The van der Waals surface area contributed by atoms with Crippen molar-refractivity contribution in [3.05, 3.63) is 70.8 Å². The summed E-state index contributed by atoms with van der Waals surface area (Å²) in [6.45, 7) is 1.71. The van der Waals surface area contributed by atoms with E-state index in [9.17, 15) is 35.9 Å². The Morgan fingerprint density at radius 2 is 1.47 bits per heavy atom. The summed E-state index contributed by atoms with van der Waals surface area (Å²) >= 11 is 0. The number of halogens is 6. The quantitative estimate of drug-likeness (QED) is 0.560. The normalized spacial score (nSPS) is 13.0. The third-order valence-corrected chi connectivity index (χ3v) is 4.75. The van der Waals surface area contributed by atoms with E-state index in [0.717, 1.165) is 10.5 Å². The summed E-state index contributed by atoms with van der Waals surface area (Å²) in [5, 5.41) is 0. The van der Waals surface area contributed by atoms with E-state index in [1.807, 2.05) is 0 Å². The van der Waals surface area contributed by atoms with Crippen LogP contribution in [0.5, 0.6) is 0 Å². The fourth-order valence-electron chi connectivity index (χ4n) is 3.35. The van der Waals surface area contributed by atoms with Gasteiger partial charge in [-0.25, -0.2) is 0 Å². The summed E-state index contributed by atoms with van der Waals surface area (Å²) in [4.78, 5) is 25.9. The second kappa shape index (κ2) is 10.1. The fraction of sp³-hybridized carbons (Fsp3) is 0.364. The maximum atomic E-state index is 13.2. The number of carbonyl (C=O) groups excluding carboxylic acids is 2. The maximum Gasteiger partial charge on any atom is 0.416 e. The Morgan fingerprint density at radius 3 is 1.91 bits per heavy atom. The molecule has 0 aliphatic carbocycles. The van der Waals surface area contributed by atoms with Crippen LogP contribution in [-0.4, -0.2) is 29.3 Å². The van der Waals surface area contributed by atoms with Crippen LogP contribution in [0.25, 0.3) is 0 Å². The van der Waals surface area contributed by atoms with Crippen LogP contribution in [0.4, 0.5) is 26.3 Å². The summed E-state index contributed by atoms with van der Waals surface area (Å²) in [7, 11) is 0. The maximum absolute atomic E-state index is 13.2. The fourth-order valence-corrected chi connectivity index (χ4v) is 3.35. The smallest absolute Gasteiger partial charge is 0.370 e. The van der Waals surface area contributed by atoms with E-state index in [1.165, 1.54) is 0 Å². The zero-order valence-corrected chi connectivity index (χ0v) is 17.1. The molecule has 2 rings (SSSR count). The molecule has 0 aromatic heterocycles. The van der Waals surface area contributed by atoms with Crippen molar-refractivity contribution < 1.29 is 35.9 Å². The number of hydrogen-bond donors (Lipinski definition) is 1. The first kappa shape index (κ1) is 25.2. The average Bonchev–Trinajstić information content (AvgIpc) is 2.70. The monoisotopic (exact) mass is 460 g/mol. The van der Waals surface area contributed by atoms with Crippen LogP contribution < -0.4 is 5.73 Å². The van der Waals surface area contributed by atoms with Crippen molar-refractivity contribution in [2.75, 3.05) is 6.54 Å². The Balaban J connectivity index is 2.53. The van der Waals surface area contributed by atoms with Crippen LogP contribution in [0.3, 0.4) is 0 Å². The Morgan fingerprint density at radius 1 is 0.938 bits per heavy atom. The van der Waals surface area contributed by atoms with Crippen LogP contribution in [0.1, 0.15) is 46.8 Å². The zero-order valence-electron chi connectivity index (χ0n) is 17.1. The topological polar surface area (TPSA) is 63.4 Å². The molecule has 0 spiro atoms. The average molecular weight is 460 g/mol. The molecule has 0 bridgehead atoms. The van der Waals surface area contributed by atoms with Crippen molar-refractivity contribution in [3.63, 3.8) is 0 Å². The van der Waals surface area contributed by atoms with E-state index in [4.69, 9.17) is 5.73 Å². The number of amides is 2. The van der Waals surface area contributed by atoms with Gasteiger partial charge >= 0.3 is 12.4 Å². The van der Waals surface area contributed by atoms with Gasteiger partial charge in [-0.1, -0.05) is 37.3 Å². The largest absolute Gasteiger partial charge is 0.416 e. The van der Waals surface area contributed by atoms with E-state index in [0.29, 0.717) is 18.6 Å². The number of carbonyl (C=O) groups is 2. The minimum atomic E-state index is -5.08. The molecule has 2 amide bonds. The van der Waals surface area contributed by atoms with Crippen molar-refractivity contribution in [1.29, 1.82) is 0 Å². The van der Waals surface area contributed by atoms with Gasteiger partial charge in [-0.2, -0.15) is 26.3 Å². The van der Waals surface area contributed by atoms with Gasteiger partial charge in [0.05, 0.1) is 11.1 Å².